The first-order valence-corrected chi connectivity index (χ1v) is 18.3. The third-order valence-electron chi connectivity index (χ3n) is 8.99. The van der Waals surface area contributed by atoms with Crippen LogP contribution in [0, 0.1) is 13.8 Å². The molecule has 0 radical (unpaired) electrons. The largest absolute Gasteiger partial charge is 0.482 e. The van der Waals surface area contributed by atoms with Gasteiger partial charge in [-0.15, -0.1) is 22.7 Å². The van der Waals surface area contributed by atoms with Gasteiger partial charge in [-0.05, 0) is 92.6 Å². The fraction of sp³-hybridized carbons (Fsp3) is 0.487. The van der Waals surface area contributed by atoms with Gasteiger partial charge in [0.25, 0.3) is 0 Å². The molecule has 1 aliphatic heterocycles. The van der Waals surface area contributed by atoms with E-state index in [1.165, 1.54) is 124 Å². The van der Waals surface area contributed by atoms with E-state index in [1.807, 2.05) is 22.7 Å². The van der Waals surface area contributed by atoms with E-state index < -0.39 is 0 Å². The number of ether oxygens (including phenoxy) is 1. The molecule has 0 bridgehead atoms. The van der Waals surface area contributed by atoms with Gasteiger partial charge in [-0.1, -0.05) is 102 Å². The molecule has 0 amide bonds. The quantitative estimate of drug-likeness (QED) is 0.117. The molecule has 2 aromatic heterocycles. The fourth-order valence-corrected chi connectivity index (χ4v) is 8.54. The van der Waals surface area contributed by atoms with Crippen molar-refractivity contribution in [3.8, 4) is 37.1 Å². The lowest BCUT2D eigenvalue weighted by molar-refractivity contribution is 0.0385. The molecule has 42 heavy (non-hydrogen) atoms. The molecule has 0 unspecified atom stereocenters. The van der Waals surface area contributed by atoms with E-state index in [1.54, 1.807) is 0 Å². The summed E-state index contributed by atoms with van der Waals surface area (Å²) in [7, 11) is 0. The van der Waals surface area contributed by atoms with Gasteiger partial charge in [0.2, 0.25) is 0 Å². The predicted octanol–water partition coefficient (Wildman–Crippen LogP) is 13.5. The summed E-state index contributed by atoms with van der Waals surface area (Å²) in [6.07, 6.45) is 17.9. The van der Waals surface area contributed by atoms with Crippen molar-refractivity contribution in [1.29, 1.82) is 0 Å². The minimum absolute atomic E-state index is 0.257. The minimum atomic E-state index is -0.257. The molecule has 2 aromatic carbocycles. The maximum Gasteiger partial charge on any atom is 0.135 e. The van der Waals surface area contributed by atoms with Crippen molar-refractivity contribution >= 4 is 22.7 Å². The average Bonchev–Trinajstić information content (AvgIpc) is 3.66. The van der Waals surface area contributed by atoms with Crippen LogP contribution >= 0.6 is 22.7 Å². The third-order valence-corrected chi connectivity index (χ3v) is 11.3. The minimum Gasteiger partial charge on any atom is -0.482 e. The van der Waals surface area contributed by atoms with Gasteiger partial charge in [-0.25, -0.2) is 0 Å². The van der Waals surface area contributed by atoms with E-state index in [9.17, 15) is 0 Å². The second kappa shape index (κ2) is 14.9. The Morgan fingerprint density at radius 3 is 1.83 bits per heavy atom. The standard InChI is InChI=1S/C39H50OS2/c1-5-7-9-11-13-15-25-39(26-16-14-12-10-8-6-2)34-28-31(36-23-24-38(42-36)37-22-18-30(4)41-37)19-21-32(34)33-20-17-29(3)27-35(33)40-39/h17-24,27-28H,5-16,25-26H2,1-4H3. The van der Waals surface area contributed by atoms with E-state index in [0.29, 0.717) is 0 Å². The summed E-state index contributed by atoms with van der Waals surface area (Å²) in [5, 5.41) is 0. The van der Waals surface area contributed by atoms with Gasteiger partial charge in [0.05, 0.1) is 0 Å². The van der Waals surface area contributed by atoms with Crippen LogP contribution in [0.4, 0.5) is 0 Å². The Hall–Kier alpha value is -2.36. The molecule has 4 aromatic rings. The van der Waals surface area contributed by atoms with Crippen molar-refractivity contribution < 1.29 is 4.74 Å². The Morgan fingerprint density at radius 1 is 0.571 bits per heavy atom. The zero-order valence-corrected chi connectivity index (χ0v) is 28.0. The normalized spacial score (nSPS) is 13.5. The maximum atomic E-state index is 7.26. The summed E-state index contributed by atoms with van der Waals surface area (Å²) in [4.78, 5) is 5.45. The van der Waals surface area contributed by atoms with Crippen molar-refractivity contribution in [2.75, 3.05) is 0 Å². The summed E-state index contributed by atoms with van der Waals surface area (Å²) in [6, 6.07) is 23.2. The smallest absolute Gasteiger partial charge is 0.135 e. The molecule has 0 N–H and O–H groups in total. The van der Waals surface area contributed by atoms with E-state index in [4.69, 9.17) is 4.74 Å². The molecule has 1 aliphatic rings. The molecule has 3 heteroatoms. The zero-order valence-electron chi connectivity index (χ0n) is 26.4. The second-order valence-electron chi connectivity index (χ2n) is 12.5. The molecule has 0 fully saturated rings. The van der Waals surface area contributed by atoms with E-state index in [-0.39, 0.29) is 5.60 Å². The van der Waals surface area contributed by atoms with Crippen molar-refractivity contribution in [3.63, 3.8) is 0 Å². The van der Waals surface area contributed by atoms with Crippen molar-refractivity contribution in [1.82, 2.24) is 0 Å². The number of hydrogen-bond donors (Lipinski definition) is 0. The Bertz CT molecular complexity index is 1410. The van der Waals surface area contributed by atoms with E-state index in [2.05, 4.69) is 88.4 Å². The molecule has 5 rings (SSSR count). The fourth-order valence-electron chi connectivity index (χ4n) is 6.58. The summed E-state index contributed by atoms with van der Waals surface area (Å²) in [5.74, 6) is 1.08. The molecule has 0 saturated heterocycles. The zero-order chi connectivity index (χ0) is 29.4. The maximum absolute atomic E-state index is 7.26. The van der Waals surface area contributed by atoms with Crippen LogP contribution in [-0.4, -0.2) is 0 Å². The number of benzene rings is 2. The highest BCUT2D eigenvalue weighted by atomic mass is 32.1. The lowest BCUT2D eigenvalue weighted by Crippen LogP contribution is -2.36. The van der Waals surface area contributed by atoms with Crippen LogP contribution in [0.2, 0.25) is 0 Å². The first-order chi connectivity index (χ1) is 20.5. The lowest BCUT2D eigenvalue weighted by atomic mass is 9.76. The van der Waals surface area contributed by atoms with Gasteiger partial charge in [0, 0.05) is 30.6 Å². The van der Waals surface area contributed by atoms with Gasteiger partial charge < -0.3 is 4.74 Å². The number of aryl methyl sites for hydroxylation is 2. The van der Waals surface area contributed by atoms with E-state index in [0.717, 1.165) is 18.6 Å². The number of fused-ring (bicyclic) bond motifs is 3. The van der Waals surface area contributed by atoms with Gasteiger partial charge in [-0.2, -0.15) is 0 Å². The Morgan fingerprint density at radius 2 is 1.17 bits per heavy atom. The molecule has 0 spiro atoms. The summed E-state index contributed by atoms with van der Waals surface area (Å²) >= 11 is 3.81. The average molecular weight is 599 g/mol. The predicted molar refractivity (Wildman–Crippen MR) is 186 cm³/mol. The van der Waals surface area contributed by atoms with Gasteiger partial charge in [0.1, 0.15) is 11.4 Å². The molecule has 0 atom stereocenters. The highest BCUT2D eigenvalue weighted by molar-refractivity contribution is 7.23. The van der Waals surface area contributed by atoms with Gasteiger partial charge in [-0.3, -0.25) is 0 Å². The van der Waals surface area contributed by atoms with Crippen LogP contribution in [0.1, 0.15) is 120 Å². The molecule has 0 aliphatic carbocycles. The van der Waals surface area contributed by atoms with E-state index >= 15 is 0 Å². The molecular weight excluding hydrogens is 549 g/mol. The first kappa shape index (κ1) is 31.1. The van der Waals surface area contributed by atoms with Crippen LogP contribution in [-0.2, 0) is 5.60 Å². The lowest BCUT2D eigenvalue weighted by Gasteiger charge is -2.41. The molecular formula is C39H50OS2. The molecule has 0 saturated carbocycles. The number of thiophene rings is 2. The third kappa shape index (κ3) is 7.40. The molecule has 224 valence electrons. The number of rotatable bonds is 16. The van der Waals surface area contributed by atoms with Crippen LogP contribution in [0.3, 0.4) is 0 Å². The first-order valence-electron chi connectivity index (χ1n) is 16.6. The SMILES string of the molecule is CCCCCCCCC1(CCCCCCCC)Oc2cc(C)ccc2-c2ccc(-c3ccc(-c4ccc(C)s4)s3)cc21. The van der Waals surface area contributed by atoms with Crippen molar-refractivity contribution in [2.45, 2.75) is 123 Å². The van der Waals surface area contributed by atoms with Gasteiger partial charge in [0.15, 0.2) is 0 Å². The summed E-state index contributed by atoms with van der Waals surface area (Å²) in [6.45, 7) is 8.99. The summed E-state index contributed by atoms with van der Waals surface area (Å²) in [5.41, 5.74) is 6.39. The molecule has 3 heterocycles. The highest BCUT2D eigenvalue weighted by Crippen LogP contribution is 2.51. The monoisotopic (exact) mass is 598 g/mol. The molecule has 1 nitrogen and oxygen atoms in total. The summed E-state index contributed by atoms with van der Waals surface area (Å²) < 4.78 is 7.26. The Balaban J connectivity index is 1.49. The second-order valence-corrected chi connectivity index (χ2v) is 14.8. The number of unbranched alkanes of at least 4 members (excludes halogenated alkanes) is 10. The Labute approximate surface area is 263 Å². The van der Waals surface area contributed by atoms with Crippen LogP contribution < -0.4 is 4.74 Å². The number of hydrogen-bond acceptors (Lipinski definition) is 3. The van der Waals surface area contributed by atoms with Crippen molar-refractivity contribution in [2.24, 2.45) is 0 Å². The topological polar surface area (TPSA) is 9.23 Å². The highest BCUT2D eigenvalue weighted by Gasteiger charge is 2.40. The van der Waals surface area contributed by atoms with Crippen LogP contribution in [0.5, 0.6) is 5.75 Å². The van der Waals surface area contributed by atoms with Crippen LogP contribution in [0.15, 0.2) is 60.7 Å². The Kier molecular flexibility index (Phi) is 11.0. The van der Waals surface area contributed by atoms with Crippen molar-refractivity contribution in [3.05, 3.63) is 76.7 Å². The van der Waals surface area contributed by atoms with Crippen LogP contribution in [0.25, 0.3) is 31.3 Å². The van der Waals surface area contributed by atoms with Gasteiger partial charge >= 0.3 is 0 Å².